The number of rotatable bonds is 3. The predicted molar refractivity (Wildman–Crippen MR) is 144 cm³/mol. The minimum Gasteiger partial charge on any atom is -0.360 e. The second-order valence-electron chi connectivity index (χ2n) is 7.80. The zero-order valence-electron chi connectivity index (χ0n) is 18.5. The van der Waals surface area contributed by atoms with Crippen molar-refractivity contribution in [3.8, 4) is 0 Å². The molecule has 36 heavy (non-hydrogen) atoms. The van der Waals surface area contributed by atoms with Crippen molar-refractivity contribution in [1.82, 2.24) is 24.9 Å². The summed E-state index contributed by atoms with van der Waals surface area (Å²) in [4.78, 5) is 30.4. The lowest BCUT2D eigenvalue weighted by Gasteiger charge is -2.03. The van der Waals surface area contributed by atoms with Gasteiger partial charge in [-0.15, -0.1) is 0 Å². The second kappa shape index (κ2) is 9.62. The van der Waals surface area contributed by atoms with Crippen LogP contribution in [-0.4, -0.2) is 39.6 Å². The van der Waals surface area contributed by atoms with Crippen molar-refractivity contribution in [2.24, 2.45) is 0 Å². The first-order valence-corrected chi connectivity index (χ1v) is 13.9. The third kappa shape index (κ3) is 5.12. The molecule has 8 nitrogen and oxygen atoms in total. The Bertz CT molecular complexity index is 1910. The number of fused-ring (bicyclic) bond motifs is 3. The SMILES string of the molecule is CS(=O)(=O)c1nc2cc(Cl)ccc2[nH]1.O=c1cc[nH]c2c(Sc3nc4cc(Cl)ccc4[nH]3)cccc12. The molecule has 0 saturated heterocycles. The Hall–Kier alpha value is -3.31. The Kier molecular flexibility index (Phi) is 6.52. The van der Waals surface area contributed by atoms with E-state index in [1.807, 2.05) is 36.4 Å². The van der Waals surface area contributed by atoms with E-state index in [0.717, 1.165) is 32.9 Å². The first-order chi connectivity index (χ1) is 17.2. The zero-order chi connectivity index (χ0) is 25.4. The van der Waals surface area contributed by atoms with E-state index in [4.69, 9.17) is 23.2 Å². The van der Waals surface area contributed by atoms with Crippen LogP contribution in [0.25, 0.3) is 33.0 Å². The summed E-state index contributed by atoms with van der Waals surface area (Å²) in [7, 11) is -3.29. The van der Waals surface area contributed by atoms with Gasteiger partial charge in [-0.1, -0.05) is 29.3 Å². The number of para-hydroxylation sites is 1. The molecule has 3 N–H and O–H groups in total. The predicted octanol–water partition coefficient (Wildman–Crippen LogP) is 5.83. The fourth-order valence-corrected chi connectivity index (χ4v) is 5.32. The number of H-pyrrole nitrogens is 3. The molecule has 0 bridgehead atoms. The van der Waals surface area contributed by atoms with Gasteiger partial charge in [0.05, 0.1) is 27.6 Å². The largest absolute Gasteiger partial charge is 0.360 e. The molecule has 0 fully saturated rings. The molecule has 0 spiro atoms. The monoisotopic (exact) mass is 557 g/mol. The van der Waals surface area contributed by atoms with Gasteiger partial charge in [0.1, 0.15) is 0 Å². The van der Waals surface area contributed by atoms with E-state index in [1.165, 1.54) is 17.8 Å². The normalized spacial score (nSPS) is 11.6. The summed E-state index contributed by atoms with van der Waals surface area (Å²) in [6.07, 6.45) is 2.76. The van der Waals surface area contributed by atoms with Crippen LogP contribution in [0.2, 0.25) is 10.0 Å². The minimum absolute atomic E-state index is 0.00703. The van der Waals surface area contributed by atoms with Gasteiger partial charge in [0, 0.05) is 38.8 Å². The molecule has 3 heterocycles. The summed E-state index contributed by atoms with van der Waals surface area (Å²) in [5, 5.41) is 2.59. The molecular formula is C24H17Cl2N5O3S2. The number of pyridine rings is 1. The van der Waals surface area contributed by atoms with E-state index < -0.39 is 9.84 Å². The van der Waals surface area contributed by atoms with Gasteiger partial charge in [-0.2, -0.15) is 0 Å². The molecule has 3 aromatic heterocycles. The van der Waals surface area contributed by atoms with Crippen LogP contribution < -0.4 is 5.43 Å². The lowest BCUT2D eigenvalue weighted by atomic mass is 10.2. The number of nitrogens with zero attached hydrogens (tertiary/aromatic N) is 2. The summed E-state index contributed by atoms with van der Waals surface area (Å²) >= 11 is 13.2. The summed E-state index contributed by atoms with van der Waals surface area (Å²) in [6.45, 7) is 0. The zero-order valence-corrected chi connectivity index (χ0v) is 21.7. The molecule has 12 heteroatoms. The quantitative estimate of drug-likeness (QED) is 0.251. The van der Waals surface area contributed by atoms with Gasteiger partial charge >= 0.3 is 0 Å². The molecule has 0 aliphatic heterocycles. The molecule has 0 saturated carbocycles. The fourth-order valence-electron chi connectivity index (χ4n) is 3.50. The highest BCUT2D eigenvalue weighted by atomic mass is 35.5. The highest BCUT2D eigenvalue weighted by Gasteiger charge is 2.13. The van der Waals surface area contributed by atoms with Crippen molar-refractivity contribution < 1.29 is 8.42 Å². The van der Waals surface area contributed by atoms with Crippen LogP contribution in [0.3, 0.4) is 0 Å². The Morgan fingerprint density at radius 2 is 1.53 bits per heavy atom. The second-order valence-corrected chi connectivity index (χ2v) is 11.6. The van der Waals surface area contributed by atoms with Crippen molar-refractivity contribution >= 4 is 77.8 Å². The van der Waals surface area contributed by atoms with Crippen LogP contribution in [0, 0.1) is 0 Å². The Morgan fingerprint density at radius 1 is 0.861 bits per heavy atom. The highest BCUT2D eigenvalue weighted by Crippen LogP contribution is 2.31. The van der Waals surface area contributed by atoms with Gasteiger partial charge in [0.25, 0.3) is 0 Å². The first kappa shape index (κ1) is 24.4. The van der Waals surface area contributed by atoms with E-state index in [0.29, 0.717) is 26.5 Å². The number of hydrogen-bond acceptors (Lipinski definition) is 6. The van der Waals surface area contributed by atoms with Crippen LogP contribution in [0.5, 0.6) is 0 Å². The van der Waals surface area contributed by atoms with E-state index in [-0.39, 0.29) is 10.6 Å². The number of imidazole rings is 2. The molecule has 182 valence electrons. The third-order valence-corrected chi connectivity index (χ3v) is 7.47. The number of benzene rings is 3. The lowest BCUT2D eigenvalue weighted by Crippen LogP contribution is -2.00. The van der Waals surface area contributed by atoms with Crippen LogP contribution in [0.15, 0.2) is 86.9 Å². The number of hydrogen-bond donors (Lipinski definition) is 3. The lowest BCUT2D eigenvalue weighted by molar-refractivity contribution is 0.595. The number of halogens is 2. The summed E-state index contributed by atoms with van der Waals surface area (Å²) in [5.41, 5.74) is 3.79. The van der Waals surface area contributed by atoms with Crippen molar-refractivity contribution in [3.63, 3.8) is 0 Å². The molecule has 0 atom stereocenters. The van der Waals surface area contributed by atoms with E-state index in [9.17, 15) is 13.2 Å². The number of aromatic amines is 3. The Balaban J connectivity index is 0.000000165. The Morgan fingerprint density at radius 3 is 2.22 bits per heavy atom. The molecular weight excluding hydrogens is 541 g/mol. The maximum Gasteiger partial charge on any atom is 0.225 e. The third-order valence-electron chi connectivity index (χ3n) is 5.16. The van der Waals surface area contributed by atoms with Gasteiger partial charge in [-0.05, 0) is 60.3 Å². The van der Waals surface area contributed by atoms with Gasteiger partial charge in [0.2, 0.25) is 15.0 Å². The maximum atomic E-state index is 11.9. The summed E-state index contributed by atoms with van der Waals surface area (Å²) < 4.78 is 22.3. The standard InChI is InChI=1S/C16H10ClN3OS.C8H7ClN2O2S/c17-9-4-5-11-12(8-9)20-16(19-11)22-14-3-1-2-10-13(21)6-7-18-15(10)14;1-14(12,13)8-10-6-3-2-5(9)4-7(6)11-8/h1-8H,(H,18,21)(H,19,20);2-4H,1H3,(H,10,11). The highest BCUT2D eigenvalue weighted by molar-refractivity contribution is 7.99. The summed E-state index contributed by atoms with van der Waals surface area (Å²) in [6, 6.07) is 17.7. The van der Waals surface area contributed by atoms with Crippen LogP contribution >= 0.6 is 35.0 Å². The van der Waals surface area contributed by atoms with Gasteiger partial charge in [0.15, 0.2) is 10.6 Å². The topological polar surface area (TPSA) is 124 Å². The molecule has 0 unspecified atom stereocenters. The van der Waals surface area contributed by atoms with Gasteiger partial charge in [-0.3, -0.25) is 4.79 Å². The van der Waals surface area contributed by atoms with Gasteiger partial charge < -0.3 is 15.0 Å². The Labute approximate surface area is 219 Å². The van der Waals surface area contributed by atoms with Crippen molar-refractivity contribution in [1.29, 1.82) is 0 Å². The van der Waals surface area contributed by atoms with Crippen LogP contribution in [-0.2, 0) is 9.84 Å². The first-order valence-electron chi connectivity index (χ1n) is 10.5. The minimum atomic E-state index is -3.29. The fraction of sp³-hybridized carbons (Fsp3) is 0.0417. The molecule has 3 aromatic carbocycles. The molecule has 0 amide bonds. The number of sulfone groups is 1. The smallest absolute Gasteiger partial charge is 0.225 e. The van der Waals surface area contributed by atoms with Crippen molar-refractivity contribution in [2.75, 3.05) is 6.26 Å². The maximum absolute atomic E-state index is 11.9. The molecule has 6 rings (SSSR count). The average Bonchev–Trinajstić information content (AvgIpc) is 3.43. The summed E-state index contributed by atoms with van der Waals surface area (Å²) in [5.74, 6) is 0. The average molecular weight is 558 g/mol. The van der Waals surface area contributed by atoms with E-state index >= 15 is 0 Å². The van der Waals surface area contributed by atoms with Crippen molar-refractivity contribution in [3.05, 3.63) is 87.1 Å². The van der Waals surface area contributed by atoms with E-state index in [1.54, 1.807) is 24.4 Å². The van der Waals surface area contributed by atoms with E-state index in [2.05, 4.69) is 24.9 Å². The van der Waals surface area contributed by atoms with Gasteiger partial charge in [-0.25, -0.2) is 18.4 Å². The molecule has 0 aliphatic rings. The number of nitrogens with one attached hydrogen (secondary N) is 3. The van der Waals surface area contributed by atoms with Crippen LogP contribution in [0.1, 0.15) is 0 Å². The number of aromatic nitrogens is 5. The van der Waals surface area contributed by atoms with Crippen LogP contribution in [0.4, 0.5) is 0 Å². The molecule has 0 radical (unpaired) electrons. The van der Waals surface area contributed by atoms with Crippen molar-refractivity contribution in [2.45, 2.75) is 15.2 Å². The molecule has 0 aliphatic carbocycles. The molecule has 6 aromatic rings.